The molecular weight excluding hydrogens is 330 g/mol. The third-order valence-electron chi connectivity index (χ3n) is 4.91. The molecule has 1 fully saturated rings. The van der Waals surface area contributed by atoms with Gasteiger partial charge in [0.05, 0.1) is 33.0 Å². The van der Waals surface area contributed by atoms with E-state index in [-0.39, 0.29) is 0 Å². The molecule has 3 heterocycles. The number of benzene rings is 1. The minimum Gasteiger partial charge on any atom is -0.497 e. The SMILES string of the molecule is COc1cc(OC)cc(-c2cc3c(N4CCOCC4)nccc3n2C)c1. The second-order valence-corrected chi connectivity index (χ2v) is 6.36. The number of aryl methyl sites for hydroxylation is 1. The molecule has 0 saturated carbocycles. The Bertz CT molecular complexity index is 907. The van der Waals surface area contributed by atoms with Crippen molar-refractivity contribution in [2.24, 2.45) is 7.05 Å². The summed E-state index contributed by atoms with van der Waals surface area (Å²) in [5.41, 5.74) is 3.30. The summed E-state index contributed by atoms with van der Waals surface area (Å²) in [4.78, 5) is 6.95. The number of morpholine rings is 1. The van der Waals surface area contributed by atoms with Gasteiger partial charge in [0.1, 0.15) is 17.3 Å². The lowest BCUT2D eigenvalue weighted by molar-refractivity contribution is 0.122. The van der Waals surface area contributed by atoms with Gasteiger partial charge in [-0.25, -0.2) is 4.98 Å². The molecule has 0 spiro atoms. The molecule has 0 amide bonds. The number of hydrogen-bond acceptors (Lipinski definition) is 5. The summed E-state index contributed by atoms with van der Waals surface area (Å²) in [5.74, 6) is 2.56. The molecule has 0 bridgehead atoms. The monoisotopic (exact) mass is 353 g/mol. The largest absolute Gasteiger partial charge is 0.497 e. The number of ether oxygens (including phenoxy) is 3. The van der Waals surface area contributed by atoms with Crippen LogP contribution in [-0.4, -0.2) is 50.1 Å². The molecule has 4 rings (SSSR count). The number of hydrogen-bond donors (Lipinski definition) is 0. The molecule has 1 aliphatic heterocycles. The van der Waals surface area contributed by atoms with Gasteiger partial charge in [0, 0.05) is 49.0 Å². The van der Waals surface area contributed by atoms with Crippen molar-refractivity contribution >= 4 is 16.7 Å². The first-order valence-electron chi connectivity index (χ1n) is 8.72. The zero-order chi connectivity index (χ0) is 18.1. The summed E-state index contributed by atoms with van der Waals surface area (Å²) in [5, 5.41) is 1.15. The number of aromatic nitrogens is 2. The van der Waals surface area contributed by atoms with Crippen molar-refractivity contribution < 1.29 is 14.2 Å². The number of anilines is 1. The van der Waals surface area contributed by atoms with E-state index in [1.54, 1.807) is 14.2 Å². The van der Waals surface area contributed by atoms with Gasteiger partial charge in [0.2, 0.25) is 0 Å². The van der Waals surface area contributed by atoms with Gasteiger partial charge in [0.25, 0.3) is 0 Å². The van der Waals surface area contributed by atoms with E-state index in [0.29, 0.717) is 0 Å². The van der Waals surface area contributed by atoms with Gasteiger partial charge in [-0.2, -0.15) is 0 Å². The average molecular weight is 353 g/mol. The molecule has 0 radical (unpaired) electrons. The Morgan fingerprint density at radius 3 is 2.35 bits per heavy atom. The third-order valence-corrected chi connectivity index (χ3v) is 4.91. The average Bonchev–Trinajstić information content (AvgIpc) is 3.05. The Morgan fingerprint density at radius 2 is 1.69 bits per heavy atom. The van der Waals surface area contributed by atoms with Crippen LogP contribution in [0.25, 0.3) is 22.2 Å². The van der Waals surface area contributed by atoms with Crippen LogP contribution < -0.4 is 14.4 Å². The highest BCUT2D eigenvalue weighted by atomic mass is 16.5. The highest BCUT2D eigenvalue weighted by Gasteiger charge is 2.19. The van der Waals surface area contributed by atoms with Crippen molar-refractivity contribution in [2.45, 2.75) is 0 Å². The molecule has 0 aliphatic carbocycles. The van der Waals surface area contributed by atoms with Gasteiger partial charge in [-0.15, -0.1) is 0 Å². The maximum absolute atomic E-state index is 5.48. The fourth-order valence-electron chi connectivity index (χ4n) is 3.51. The predicted molar refractivity (Wildman–Crippen MR) is 102 cm³/mol. The van der Waals surface area contributed by atoms with E-state index in [2.05, 4.69) is 33.6 Å². The van der Waals surface area contributed by atoms with E-state index in [0.717, 1.165) is 65.8 Å². The van der Waals surface area contributed by atoms with Crippen LogP contribution in [0, 0.1) is 0 Å². The molecule has 6 heteroatoms. The zero-order valence-corrected chi connectivity index (χ0v) is 15.4. The van der Waals surface area contributed by atoms with Crippen LogP contribution in [0.5, 0.6) is 11.5 Å². The summed E-state index contributed by atoms with van der Waals surface area (Å²) in [6, 6.07) is 10.2. The molecule has 1 saturated heterocycles. The van der Waals surface area contributed by atoms with Crippen LogP contribution in [0.2, 0.25) is 0 Å². The first-order valence-corrected chi connectivity index (χ1v) is 8.72. The van der Waals surface area contributed by atoms with E-state index in [4.69, 9.17) is 14.2 Å². The van der Waals surface area contributed by atoms with E-state index < -0.39 is 0 Å². The Morgan fingerprint density at radius 1 is 1.00 bits per heavy atom. The molecular formula is C20H23N3O3. The van der Waals surface area contributed by atoms with Gasteiger partial charge in [0.15, 0.2) is 0 Å². The van der Waals surface area contributed by atoms with Crippen molar-refractivity contribution in [3.05, 3.63) is 36.5 Å². The molecule has 1 aliphatic rings. The Kier molecular flexibility index (Phi) is 4.42. The van der Waals surface area contributed by atoms with Crippen molar-refractivity contribution in [3.8, 4) is 22.8 Å². The van der Waals surface area contributed by atoms with E-state index in [1.165, 1.54) is 0 Å². The van der Waals surface area contributed by atoms with Crippen LogP contribution >= 0.6 is 0 Å². The normalized spacial score (nSPS) is 14.7. The van der Waals surface area contributed by atoms with Crippen molar-refractivity contribution in [2.75, 3.05) is 45.4 Å². The number of fused-ring (bicyclic) bond motifs is 1. The second-order valence-electron chi connectivity index (χ2n) is 6.36. The van der Waals surface area contributed by atoms with Crippen LogP contribution in [0.1, 0.15) is 0 Å². The lowest BCUT2D eigenvalue weighted by Crippen LogP contribution is -2.36. The van der Waals surface area contributed by atoms with Gasteiger partial charge in [-0.1, -0.05) is 0 Å². The van der Waals surface area contributed by atoms with Crippen LogP contribution in [0.3, 0.4) is 0 Å². The molecule has 0 unspecified atom stereocenters. The number of pyridine rings is 1. The van der Waals surface area contributed by atoms with Crippen molar-refractivity contribution in [3.63, 3.8) is 0 Å². The number of methoxy groups -OCH3 is 2. The molecule has 6 nitrogen and oxygen atoms in total. The van der Waals surface area contributed by atoms with E-state index in [9.17, 15) is 0 Å². The summed E-state index contributed by atoms with van der Waals surface area (Å²) in [6.45, 7) is 3.21. The molecule has 0 N–H and O–H groups in total. The van der Waals surface area contributed by atoms with Crippen molar-refractivity contribution in [1.82, 2.24) is 9.55 Å². The van der Waals surface area contributed by atoms with Gasteiger partial charge >= 0.3 is 0 Å². The summed E-state index contributed by atoms with van der Waals surface area (Å²) in [6.07, 6.45) is 1.88. The van der Waals surface area contributed by atoms with E-state index >= 15 is 0 Å². The quantitative estimate of drug-likeness (QED) is 0.721. The first-order chi connectivity index (χ1) is 12.7. The molecule has 0 atom stereocenters. The minimum atomic E-state index is 0.741. The van der Waals surface area contributed by atoms with Gasteiger partial charge in [-0.3, -0.25) is 0 Å². The zero-order valence-electron chi connectivity index (χ0n) is 15.4. The third kappa shape index (κ3) is 2.86. The lowest BCUT2D eigenvalue weighted by atomic mass is 10.1. The fraction of sp³-hybridized carbons (Fsp3) is 0.350. The van der Waals surface area contributed by atoms with Crippen LogP contribution in [-0.2, 0) is 11.8 Å². The number of rotatable bonds is 4. The topological polar surface area (TPSA) is 48.8 Å². The standard InChI is InChI=1S/C20H23N3O3/c1-22-18-4-5-21-20(23-6-8-26-9-7-23)17(18)13-19(22)14-10-15(24-2)12-16(11-14)25-3/h4-5,10-13H,6-9H2,1-3H3. The second kappa shape index (κ2) is 6.88. The molecule has 1 aromatic carbocycles. The highest BCUT2D eigenvalue weighted by molar-refractivity contribution is 5.95. The minimum absolute atomic E-state index is 0.741. The molecule has 26 heavy (non-hydrogen) atoms. The number of nitrogens with zero attached hydrogens (tertiary/aromatic N) is 3. The summed E-state index contributed by atoms with van der Waals surface area (Å²) < 4.78 is 18.5. The Balaban J connectivity index is 1.85. The molecule has 3 aromatic rings. The molecule has 2 aromatic heterocycles. The Hall–Kier alpha value is -2.73. The summed E-state index contributed by atoms with van der Waals surface area (Å²) in [7, 11) is 5.41. The maximum atomic E-state index is 5.48. The van der Waals surface area contributed by atoms with Crippen LogP contribution in [0.15, 0.2) is 36.5 Å². The molecule has 136 valence electrons. The lowest BCUT2D eigenvalue weighted by Gasteiger charge is -2.28. The van der Waals surface area contributed by atoms with E-state index in [1.807, 2.05) is 24.4 Å². The summed E-state index contributed by atoms with van der Waals surface area (Å²) >= 11 is 0. The maximum Gasteiger partial charge on any atom is 0.138 e. The highest BCUT2D eigenvalue weighted by Crippen LogP contribution is 2.35. The van der Waals surface area contributed by atoms with Crippen LogP contribution in [0.4, 0.5) is 5.82 Å². The van der Waals surface area contributed by atoms with Gasteiger partial charge in [-0.05, 0) is 24.3 Å². The van der Waals surface area contributed by atoms with Gasteiger partial charge < -0.3 is 23.7 Å². The van der Waals surface area contributed by atoms with Crippen molar-refractivity contribution in [1.29, 1.82) is 0 Å². The Labute approximate surface area is 152 Å². The first kappa shape index (κ1) is 16.7. The predicted octanol–water partition coefficient (Wildman–Crippen LogP) is 3.09. The fourth-order valence-corrected chi connectivity index (χ4v) is 3.51. The smallest absolute Gasteiger partial charge is 0.138 e.